The summed E-state index contributed by atoms with van der Waals surface area (Å²) in [5, 5.41) is 6.28. The number of nitrogens with zero attached hydrogens (tertiary/aromatic N) is 1. The zero-order chi connectivity index (χ0) is 21.4. The molecule has 0 radical (unpaired) electrons. The van der Waals surface area contributed by atoms with E-state index in [4.69, 9.17) is 16.3 Å². The number of carbonyl (C=O) groups is 2. The lowest BCUT2D eigenvalue weighted by atomic mass is 10.0. The highest BCUT2D eigenvalue weighted by molar-refractivity contribution is 6.31. The number of aryl methyl sites for hydroxylation is 2. The van der Waals surface area contributed by atoms with Gasteiger partial charge in [0.05, 0.1) is 25.9 Å². The summed E-state index contributed by atoms with van der Waals surface area (Å²) in [6.45, 7) is 4.27. The molecule has 2 N–H and O–H groups in total. The second-order valence-corrected chi connectivity index (χ2v) is 7.21. The van der Waals surface area contributed by atoms with E-state index >= 15 is 0 Å². The van der Waals surface area contributed by atoms with Crippen molar-refractivity contribution < 1.29 is 14.3 Å². The number of para-hydroxylation sites is 1. The SMILES string of the molecule is CCc1cccc(CC)c1NC(=O)CN(C)CC(=O)Nc1cc(Cl)ccc1OC. The lowest BCUT2D eigenvalue weighted by Gasteiger charge is -2.19. The molecule has 0 bridgehead atoms. The van der Waals surface area contributed by atoms with Gasteiger partial charge in [-0.25, -0.2) is 0 Å². The number of methoxy groups -OCH3 is 1. The van der Waals surface area contributed by atoms with Crippen molar-refractivity contribution in [2.45, 2.75) is 26.7 Å². The van der Waals surface area contributed by atoms with Gasteiger partial charge in [-0.3, -0.25) is 14.5 Å². The number of amides is 2. The fourth-order valence-corrected chi connectivity index (χ4v) is 3.27. The molecule has 0 heterocycles. The molecule has 6 nitrogen and oxygen atoms in total. The average molecular weight is 418 g/mol. The maximum absolute atomic E-state index is 12.5. The van der Waals surface area contributed by atoms with Crippen molar-refractivity contribution in [1.29, 1.82) is 0 Å². The Balaban J connectivity index is 1.96. The quantitative estimate of drug-likeness (QED) is 0.647. The van der Waals surface area contributed by atoms with Gasteiger partial charge in [0, 0.05) is 10.7 Å². The third-order valence-corrected chi connectivity index (χ3v) is 4.76. The molecule has 0 saturated carbocycles. The summed E-state index contributed by atoms with van der Waals surface area (Å²) in [5.41, 5.74) is 3.58. The highest BCUT2D eigenvalue weighted by atomic mass is 35.5. The Morgan fingerprint density at radius 3 is 2.14 bits per heavy atom. The molecule has 0 aromatic heterocycles. The largest absolute Gasteiger partial charge is 0.495 e. The van der Waals surface area contributed by atoms with Gasteiger partial charge in [-0.1, -0.05) is 43.6 Å². The lowest BCUT2D eigenvalue weighted by Crippen LogP contribution is -2.36. The third kappa shape index (κ3) is 6.48. The topological polar surface area (TPSA) is 70.7 Å². The Bertz CT molecular complexity index is 848. The molecule has 0 atom stereocenters. The molecule has 0 unspecified atom stereocenters. The molecule has 0 spiro atoms. The van der Waals surface area contributed by atoms with Crippen LogP contribution >= 0.6 is 11.6 Å². The van der Waals surface area contributed by atoms with Crippen molar-refractivity contribution in [3.63, 3.8) is 0 Å². The number of anilines is 2. The van der Waals surface area contributed by atoms with Gasteiger partial charge in [-0.2, -0.15) is 0 Å². The van der Waals surface area contributed by atoms with Crippen LogP contribution in [0.4, 0.5) is 11.4 Å². The van der Waals surface area contributed by atoms with Crippen LogP contribution in [-0.4, -0.2) is 44.0 Å². The summed E-state index contributed by atoms with van der Waals surface area (Å²) in [5.74, 6) is 0.103. The van der Waals surface area contributed by atoms with E-state index in [0.29, 0.717) is 16.5 Å². The van der Waals surface area contributed by atoms with Gasteiger partial charge in [0.1, 0.15) is 5.75 Å². The van der Waals surface area contributed by atoms with E-state index in [2.05, 4.69) is 24.5 Å². The first-order chi connectivity index (χ1) is 13.9. The Morgan fingerprint density at radius 2 is 1.59 bits per heavy atom. The molecule has 2 aromatic carbocycles. The van der Waals surface area contributed by atoms with Crippen LogP contribution in [0.15, 0.2) is 36.4 Å². The van der Waals surface area contributed by atoms with Gasteiger partial charge in [0.25, 0.3) is 0 Å². The van der Waals surface area contributed by atoms with Gasteiger partial charge in [-0.15, -0.1) is 0 Å². The number of hydrogen-bond donors (Lipinski definition) is 2. The molecule has 0 aliphatic heterocycles. The molecular formula is C22H28ClN3O3. The molecule has 2 amide bonds. The number of benzene rings is 2. The highest BCUT2D eigenvalue weighted by Gasteiger charge is 2.15. The first-order valence-corrected chi connectivity index (χ1v) is 9.98. The fraction of sp³-hybridized carbons (Fsp3) is 0.364. The monoisotopic (exact) mass is 417 g/mol. The van der Waals surface area contributed by atoms with E-state index in [-0.39, 0.29) is 24.9 Å². The minimum atomic E-state index is -0.260. The third-order valence-electron chi connectivity index (χ3n) is 4.53. The van der Waals surface area contributed by atoms with Crippen molar-refractivity contribution in [2.24, 2.45) is 0 Å². The second kappa shape index (κ2) is 10.8. The number of hydrogen-bond acceptors (Lipinski definition) is 4. The van der Waals surface area contributed by atoms with Gasteiger partial charge in [0.2, 0.25) is 11.8 Å². The van der Waals surface area contributed by atoms with Crippen LogP contribution in [0.25, 0.3) is 0 Å². The predicted molar refractivity (Wildman–Crippen MR) is 118 cm³/mol. The number of rotatable bonds is 9. The zero-order valence-electron chi connectivity index (χ0n) is 17.3. The van der Waals surface area contributed by atoms with E-state index in [9.17, 15) is 9.59 Å². The standard InChI is InChI=1S/C22H28ClN3O3/c1-5-15-8-7-9-16(6-2)22(15)25-21(28)14-26(3)13-20(27)24-18-12-17(23)10-11-19(18)29-4/h7-12H,5-6,13-14H2,1-4H3,(H,24,27)(H,25,28). The van der Waals surface area contributed by atoms with Crippen LogP contribution < -0.4 is 15.4 Å². The van der Waals surface area contributed by atoms with Crippen LogP contribution in [0.3, 0.4) is 0 Å². The molecule has 0 saturated heterocycles. The predicted octanol–water partition coefficient (Wildman–Crippen LogP) is 3.98. The van der Waals surface area contributed by atoms with E-state index in [1.807, 2.05) is 18.2 Å². The van der Waals surface area contributed by atoms with E-state index in [1.54, 1.807) is 30.1 Å². The highest BCUT2D eigenvalue weighted by Crippen LogP contribution is 2.27. The van der Waals surface area contributed by atoms with Gasteiger partial charge in [-0.05, 0) is 49.2 Å². The number of halogens is 1. The zero-order valence-corrected chi connectivity index (χ0v) is 18.1. The van der Waals surface area contributed by atoms with Crippen molar-refractivity contribution in [1.82, 2.24) is 4.90 Å². The molecule has 0 aliphatic carbocycles. The molecule has 29 heavy (non-hydrogen) atoms. The fourth-order valence-electron chi connectivity index (χ4n) is 3.10. The molecule has 2 rings (SSSR count). The number of ether oxygens (including phenoxy) is 1. The first kappa shape index (κ1) is 22.7. The summed E-state index contributed by atoms with van der Waals surface area (Å²) in [6.07, 6.45) is 1.67. The Morgan fingerprint density at radius 1 is 1.00 bits per heavy atom. The summed E-state index contributed by atoms with van der Waals surface area (Å²) < 4.78 is 5.23. The van der Waals surface area contributed by atoms with Crippen LogP contribution in [0, 0.1) is 0 Å². The minimum absolute atomic E-state index is 0.0547. The van der Waals surface area contributed by atoms with Crippen molar-refractivity contribution in [2.75, 3.05) is 37.9 Å². The number of likely N-dealkylation sites (N-methyl/N-ethyl adjacent to an activating group) is 1. The van der Waals surface area contributed by atoms with Crippen molar-refractivity contribution in [3.8, 4) is 5.75 Å². The van der Waals surface area contributed by atoms with Gasteiger partial charge < -0.3 is 15.4 Å². The first-order valence-electron chi connectivity index (χ1n) is 9.60. The van der Waals surface area contributed by atoms with Crippen LogP contribution in [0.1, 0.15) is 25.0 Å². The Labute approximate surface area is 177 Å². The van der Waals surface area contributed by atoms with Crippen molar-refractivity contribution in [3.05, 3.63) is 52.5 Å². The Hall–Kier alpha value is -2.57. The van der Waals surface area contributed by atoms with Crippen LogP contribution in [0.2, 0.25) is 5.02 Å². The van der Waals surface area contributed by atoms with E-state index < -0.39 is 0 Å². The number of nitrogens with one attached hydrogen (secondary N) is 2. The summed E-state index contributed by atoms with van der Waals surface area (Å²) in [4.78, 5) is 26.5. The lowest BCUT2D eigenvalue weighted by molar-refractivity contribution is -0.119. The molecule has 7 heteroatoms. The van der Waals surface area contributed by atoms with Crippen LogP contribution in [0.5, 0.6) is 5.75 Å². The number of carbonyl (C=O) groups excluding carboxylic acids is 2. The Kier molecular flexibility index (Phi) is 8.49. The van der Waals surface area contributed by atoms with E-state index in [1.165, 1.54) is 7.11 Å². The normalized spacial score (nSPS) is 10.7. The minimum Gasteiger partial charge on any atom is -0.495 e. The van der Waals surface area contributed by atoms with Crippen LogP contribution in [-0.2, 0) is 22.4 Å². The molecule has 2 aromatic rings. The van der Waals surface area contributed by atoms with E-state index in [0.717, 1.165) is 29.7 Å². The molecular weight excluding hydrogens is 390 g/mol. The summed E-state index contributed by atoms with van der Waals surface area (Å²) in [7, 11) is 3.24. The maximum Gasteiger partial charge on any atom is 0.238 e. The van der Waals surface area contributed by atoms with Gasteiger partial charge in [0.15, 0.2) is 0 Å². The maximum atomic E-state index is 12.5. The molecule has 0 fully saturated rings. The van der Waals surface area contributed by atoms with Gasteiger partial charge >= 0.3 is 0 Å². The molecule has 156 valence electrons. The average Bonchev–Trinajstić information content (AvgIpc) is 2.67. The second-order valence-electron chi connectivity index (χ2n) is 6.77. The summed E-state index contributed by atoms with van der Waals surface area (Å²) >= 11 is 5.99. The van der Waals surface area contributed by atoms with Crippen molar-refractivity contribution >= 4 is 34.8 Å². The smallest absolute Gasteiger partial charge is 0.238 e. The molecule has 0 aliphatic rings. The summed E-state index contributed by atoms with van der Waals surface area (Å²) in [6, 6.07) is 11.0.